The Balaban J connectivity index is 1.57. The van der Waals surface area contributed by atoms with Crippen LogP contribution in [0.1, 0.15) is 42.0 Å². The molecule has 34 heavy (non-hydrogen) atoms. The average Bonchev–Trinajstić information content (AvgIpc) is 2.89. The molecule has 0 spiro atoms. The van der Waals surface area contributed by atoms with E-state index in [9.17, 15) is 9.90 Å². The predicted octanol–water partition coefficient (Wildman–Crippen LogP) is 6.45. The fraction of sp³-hybridized carbons (Fsp3) is 0.233. The summed E-state index contributed by atoms with van der Waals surface area (Å²) in [5.41, 5.74) is 3.29. The molecule has 172 valence electrons. The lowest BCUT2D eigenvalue weighted by molar-refractivity contribution is -0.145. The Kier molecular flexibility index (Phi) is 6.59. The molecule has 0 radical (unpaired) electrons. The Morgan fingerprint density at radius 2 is 1.68 bits per heavy atom. The minimum absolute atomic E-state index is 0.173. The molecule has 0 bridgehead atoms. The van der Waals surface area contributed by atoms with Crippen molar-refractivity contribution in [2.75, 3.05) is 6.54 Å². The summed E-state index contributed by atoms with van der Waals surface area (Å²) in [5.74, 6) is 0.0388. The van der Waals surface area contributed by atoms with E-state index in [1.54, 1.807) is 0 Å². The van der Waals surface area contributed by atoms with Crippen molar-refractivity contribution in [1.82, 2.24) is 4.90 Å². The van der Waals surface area contributed by atoms with Crippen molar-refractivity contribution in [2.45, 2.75) is 38.0 Å². The molecule has 1 heterocycles. The highest BCUT2D eigenvalue weighted by Gasteiger charge is 2.35. The van der Waals surface area contributed by atoms with Crippen molar-refractivity contribution in [1.29, 1.82) is 0 Å². The molecule has 1 fully saturated rings. The molecule has 2 unspecified atom stereocenters. The molecule has 4 aromatic carbocycles. The second-order valence-corrected chi connectivity index (χ2v) is 8.91. The van der Waals surface area contributed by atoms with Gasteiger partial charge in [0.1, 0.15) is 18.4 Å². The lowest BCUT2D eigenvalue weighted by atomic mass is 9.89. The highest BCUT2D eigenvalue weighted by molar-refractivity contribution is 5.86. The third-order valence-corrected chi connectivity index (χ3v) is 6.70. The molecule has 0 aromatic heterocycles. The molecule has 4 heteroatoms. The number of piperidine rings is 1. The summed E-state index contributed by atoms with van der Waals surface area (Å²) in [6, 6.07) is 32.2. The maximum absolute atomic E-state index is 12.3. The third-order valence-electron chi connectivity index (χ3n) is 6.70. The zero-order valence-corrected chi connectivity index (χ0v) is 19.1. The van der Waals surface area contributed by atoms with E-state index in [1.807, 2.05) is 54.6 Å². The smallest absolute Gasteiger partial charge is 0.320 e. The van der Waals surface area contributed by atoms with Crippen LogP contribution in [0.2, 0.25) is 0 Å². The Morgan fingerprint density at radius 1 is 0.912 bits per heavy atom. The van der Waals surface area contributed by atoms with E-state index >= 15 is 0 Å². The number of likely N-dealkylation sites (tertiary alicyclic amines) is 1. The van der Waals surface area contributed by atoms with Crippen LogP contribution >= 0.6 is 0 Å². The molecular formula is C30H29NO3. The highest BCUT2D eigenvalue weighted by atomic mass is 16.5. The minimum atomic E-state index is -0.749. The Labute approximate surface area is 200 Å². The van der Waals surface area contributed by atoms with Gasteiger partial charge < -0.3 is 9.84 Å². The molecule has 0 saturated carbocycles. The highest BCUT2D eigenvalue weighted by Crippen LogP contribution is 2.38. The van der Waals surface area contributed by atoms with Crippen LogP contribution in [0, 0.1) is 0 Å². The van der Waals surface area contributed by atoms with Crippen LogP contribution in [-0.4, -0.2) is 28.6 Å². The summed E-state index contributed by atoms with van der Waals surface area (Å²) in [5, 5.41) is 12.4. The second kappa shape index (κ2) is 10.1. The van der Waals surface area contributed by atoms with Gasteiger partial charge in [-0.1, -0.05) is 91.3 Å². The summed E-state index contributed by atoms with van der Waals surface area (Å²) < 4.78 is 6.13. The fourth-order valence-electron chi connectivity index (χ4n) is 5.08. The Hall–Kier alpha value is -3.63. The van der Waals surface area contributed by atoms with Crippen LogP contribution in [0.3, 0.4) is 0 Å². The number of carbonyl (C=O) groups is 1. The van der Waals surface area contributed by atoms with Gasteiger partial charge in [-0.25, -0.2) is 0 Å². The quantitative estimate of drug-likeness (QED) is 0.351. The van der Waals surface area contributed by atoms with Crippen LogP contribution in [0.15, 0.2) is 97.1 Å². The van der Waals surface area contributed by atoms with Crippen LogP contribution in [0.4, 0.5) is 0 Å². The standard InChI is InChI=1S/C30H29NO3/c32-30(33)28-18-6-7-19-31(28)29(27-17-9-13-23-12-4-5-16-26(23)27)24-14-8-15-25(20-24)34-21-22-10-2-1-3-11-22/h1-5,8-17,20,28-29H,6-7,18-19,21H2,(H,32,33). The number of carboxylic acid groups (broad SMARTS) is 1. The van der Waals surface area contributed by atoms with Crippen molar-refractivity contribution in [3.63, 3.8) is 0 Å². The molecule has 1 aliphatic heterocycles. The maximum Gasteiger partial charge on any atom is 0.320 e. The number of carboxylic acids is 1. The Bertz CT molecular complexity index is 1270. The SMILES string of the molecule is O=C(O)C1CCCCN1C(c1cccc(OCc2ccccc2)c1)c1cccc2ccccc12. The molecule has 4 aromatic rings. The molecule has 5 rings (SSSR count). The summed E-state index contributed by atoms with van der Waals surface area (Å²) >= 11 is 0. The van der Waals surface area contributed by atoms with Crippen molar-refractivity contribution in [3.05, 3.63) is 114 Å². The Morgan fingerprint density at radius 3 is 2.53 bits per heavy atom. The average molecular weight is 452 g/mol. The first-order chi connectivity index (χ1) is 16.7. The lowest BCUT2D eigenvalue weighted by Crippen LogP contribution is -2.46. The predicted molar refractivity (Wildman–Crippen MR) is 135 cm³/mol. The lowest BCUT2D eigenvalue weighted by Gasteiger charge is -2.40. The normalized spacial score (nSPS) is 17.4. The fourth-order valence-corrected chi connectivity index (χ4v) is 5.08. The maximum atomic E-state index is 12.3. The van der Waals surface area contributed by atoms with Gasteiger partial charge in [-0.3, -0.25) is 9.69 Å². The first kappa shape index (κ1) is 22.2. The van der Waals surface area contributed by atoms with E-state index in [1.165, 1.54) is 0 Å². The molecule has 1 N–H and O–H groups in total. The van der Waals surface area contributed by atoms with Gasteiger partial charge in [-0.2, -0.15) is 0 Å². The van der Waals surface area contributed by atoms with Crippen molar-refractivity contribution < 1.29 is 14.6 Å². The molecule has 1 saturated heterocycles. The van der Waals surface area contributed by atoms with Gasteiger partial charge in [0.15, 0.2) is 0 Å². The number of benzene rings is 4. The topological polar surface area (TPSA) is 49.8 Å². The summed E-state index contributed by atoms with van der Waals surface area (Å²) in [6.45, 7) is 1.24. The number of nitrogens with zero attached hydrogens (tertiary/aromatic N) is 1. The van der Waals surface area contributed by atoms with E-state index in [0.717, 1.165) is 52.6 Å². The minimum Gasteiger partial charge on any atom is -0.489 e. The van der Waals surface area contributed by atoms with Crippen LogP contribution in [-0.2, 0) is 11.4 Å². The molecule has 1 aliphatic rings. The van der Waals surface area contributed by atoms with Gasteiger partial charge in [-0.15, -0.1) is 0 Å². The van der Waals surface area contributed by atoms with Crippen molar-refractivity contribution >= 4 is 16.7 Å². The monoisotopic (exact) mass is 451 g/mol. The molecule has 2 atom stereocenters. The van der Waals surface area contributed by atoms with Gasteiger partial charge in [0.25, 0.3) is 0 Å². The van der Waals surface area contributed by atoms with Crippen molar-refractivity contribution in [2.24, 2.45) is 0 Å². The summed E-state index contributed by atoms with van der Waals surface area (Å²) in [6.07, 6.45) is 2.60. The molecular weight excluding hydrogens is 422 g/mol. The number of hydrogen-bond donors (Lipinski definition) is 1. The van der Waals surface area contributed by atoms with E-state index < -0.39 is 12.0 Å². The van der Waals surface area contributed by atoms with Crippen LogP contribution < -0.4 is 4.74 Å². The van der Waals surface area contributed by atoms with Crippen LogP contribution in [0.25, 0.3) is 10.8 Å². The second-order valence-electron chi connectivity index (χ2n) is 8.91. The first-order valence-corrected chi connectivity index (χ1v) is 11.9. The largest absolute Gasteiger partial charge is 0.489 e. The zero-order valence-electron chi connectivity index (χ0n) is 19.1. The van der Waals surface area contributed by atoms with Crippen molar-refractivity contribution in [3.8, 4) is 5.75 Å². The van der Waals surface area contributed by atoms with E-state index in [0.29, 0.717) is 13.0 Å². The number of fused-ring (bicyclic) bond motifs is 1. The number of aliphatic carboxylic acids is 1. The molecule has 4 nitrogen and oxygen atoms in total. The molecule has 0 aliphatic carbocycles. The summed E-state index contributed by atoms with van der Waals surface area (Å²) in [7, 11) is 0. The van der Waals surface area contributed by atoms with Gasteiger partial charge in [0.05, 0.1) is 6.04 Å². The van der Waals surface area contributed by atoms with Gasteiger partial charge >= 0.3 is 5.97 Å². The van der Waals surface area contributed by atoms with E-state index in [-0.39, 0.29) is 6.04 Å². The molecule has 0 amide bonds. The summed E-state index contributed by atoms with van der Waals surface area (Å²) in [4.78, 5) is 14.4. The van der Waals surface area contributed by atoms with Gasteiger partial charge in [0, 0.05) is 0 Å². The van der Waals surface area contributed by atoms with E-state index in [4.69, 9.17) is 4.74 Å². The number of rotatable bonds is 7. The third kappa shape index (κ3) is 4.68. The van der Waals surface area contributed by atoms with Crippen LogP contribution in [0.5, 0.6) is 5.75 Å². The van der Waals surface area contributed by atoms with E-state index in [2.05, 4.69) is 47.4 Å². The van der Waals surface area contributed by atoms with Gasteiger partial charge in [0.2, 0.25) is 0 Å². The van der Waals surface area contributed by atoms with Gasteiger partial charge in [-0.05, 0) is 59.0 Å². The zero-order chi connectivity index (χ0) is 23.3. The number of ether oxygens (including phenoxy) is 1. The first-order valence-electron chi connectivity index (χ1n) is 11.9. The number of hydrogen-bond acceptors (Lipinski definition) is 3.